The first-order valence-electron chi connectivity index (χ1n) is 11.0. The topological polar surface area (TPSA) is 51.2 Å². The second-order valence-electron chi connectivity index (χ2n) is 8.10. The van der Waals surface area contributed by atoms with E-state index in [1.165, 1.54) is 23.0 Å². The Kier molecular flexibility index (Phi) is 10.1. The van der Waals surface area contributed by atoms with Gasteiger partial charge in [-0.2, -0.15) is 13.2 Å². The Balaban J connectivity index is 0.00000363. The molecule has 3 rings (SSSR count). The normalized spacial score (nSPS) is 18.2. The number of nitrogens with one attached hydrogen (secondary N) is 1. The molecule has 10 heteroatoms. The number of hydrogen-bond donors (Lipinski definition) is 1. The first kappa shape index (κ1) is 26.7. The maximum Gasteiger partial charge on any atom is 0.403 e. The Morgan fingerprint density at radius 3 is 2.22 bits per heavy atom. The summed E-state index contributed by atoms with van der Waals surface area (Å²) >= 11 is 0. The molecule has 0 aliphatic carbocycles. The van der Waals surface area contributed by atoms with E-state index in [1.54, 1.807) is 0 Å². The SMILES string of the molecule is CCNC(=NCCCC(=O)N1Cc2ccccc2C1)N1CCN(C(C)C(F)(F)F)CC1.I. The van der Waals surface area contributed by atoms with E-state index in [-0.39, 0.29) is 29.9 Å². The predicted molar refractivity (Wildman–Crippen MR) is 130 cm³/mol. The highest BCUT2D eigenvalue weighted by molar-refractivity contribution is 14.0. The van der Waals surface area contributed by atoms with E-state index in [4.69, 9.17) is 0 Å². The molecule has 2 heterocycles. The maximum absolute atomic E-state index is 12.9. The standard InChI is InChI=1S/C22H32F3N5O.HI/c1-3-26-21(29-13-11-28(12-14-29)17(2)22(23,24)25)27-10-6-9-20(31)30-15-18-7-4-5-8-19(18)16-30;/h4-5,7-8,17H,3,6,9-16H2,1-2H3,(H,26,27);1H. The number of guanidine groups is 1. The lowest BCUT2D eigenvalue weighted by atomic mass is 10.1. The lowest BCUT2D eigenvalue weighted by Crippen LogP contribution is -2.56. The number of halogens is 4. The number of hydrogen-bond acceptors (Lipinski definition) is 3. The second kappa shape index (κ2) is 12.1. The summed E-state index contributed by atoms with van der Waals surface area (Å²) in [5.41, 5.74) is 2.42. The number of aliphatic imine (C=N–C) groups is 1. The van der Waals surface area contributed by atoms with Crippen LogP contribution in [0, 0.1) is 0 Å². The molecule has 0 aromatic heterocycles. The molecule has 1 N–H and O–H groups in total. The van der Waals surface area contributed by atoms with Crippen LogP contribution in [0.1, 0.15) is 37.8 Å². The van der Waals surface area contributed by atoms with Gasteiger partial charge >= 0.3 is 6.18 Å². The van der Waals surface area contributed by atoms with Crippen LogP contribution in [0.5, 0.6) is 0 Å². The Morgan fingerprint density at radius 2 is 1.69 bits per heavy atom. The van der Waals surface area contributed by atoms with Gasteiger partial charge in [-0.25, -0.2) is 0 Å². The highest BCUT2D eigenvalue weighted by atomic mass is 127. The van der Waals surface area contributed by atoms with Crippen LogP contribution in [-0.4, -0.2) is 78.1 Å². The molecular weight excluding hydrogens is 534 g/mol. The number of nitrogens with zero attached hydrogens (tertiary/aromatic N) is 4. The van der Waals surface area contributed by atoms with Gasteiger partial charge < -0.3 is 15.1 Å². The van der Waals surface area contributed by atoms with Gasteiger partial charge in [0, 0.05) is 58.8 Å². The number of piperazine rings is 1. The van der Waals surface area contributed by atoms with Crippen LogP contribution in [0.2, 0.25) is 0 Å². The molecule has 0 radical (unpaired) electrons. The van der Waals surface area contributed by atoms with E-state index >= 15 is 0 Å². The monoisotopic (exact) mass is 567 g/mol. The van der Waals surface area contributed by atoms with Gasteiger partial charge in [-0.1, -0.05) is 24.3 Å². The van der Waals surface area contributed by atoms with Crippen LogP contribution < -0.4 is 5.32 Å². The molecule has 180 valence electrons. The van der Waals surface area contributed by atoms with Gasteiger partial charge in [0.15, 0.2) is 5.96 Å². The van der Waals surface area contributed by atoms with Crippen LogP contribution >= 0.6 is 24.0 Å². The summed E-state index contributed by atoms with van der Waals surface area (Å²) in [6.07, 6.45) is -3.12. The van der Waals surface area contributed by atoms with Crippen molar-refractivity contribution < 1.29 is 18.0 Å². The van der Waals surface area contributed by atoms with Crippen LogP contribution in [0.25, 0.3) is 0 Å². The summed E-state index contributed by atoms with van der Waals surface area (Å²) in [7, 11) is 0. The van der Waals surface area contributed by atoms with Crippen LogP contribution in [-0.2, 0) is 17.9 Å². The van der Waals surface area contributed by atoms with E-state index in [0.717, 1.165) is 0 Å². The smallest absolute Gasteiger partial charge is 0.357 e. The summed E-state index contributed by atoms with van der Waals surface area (Å²) in [6.45, 7) is 7.39. The maximum atomic E-state index is 12.9. The minimum absolute atomic E-state index is 0. The molecule has 1 aromatic rings. The molecular formula is C22H33F3IN5O. The third-order valence-electron chi connectivity index (χ3n) is 5.97. The zero-order chi connectivity index (χ0) is 22.4. The number of carbonyl (C=O) groups is 1. The number of carbonyl (C=O) groups excluding carboxylic acids is 1. The van der Waals surface area contributed by atoms with E-state index in [0.29, 0.717) is 71.2 Å². The van der Waals surface area contributed by atoms with Crippen molar-refractivity contribution in [1.82, 2.24) is 20.0 Å². The van der Waals surface area contributed by atoms with Crippen molar-refractivity contribution in [2.45, 2.75) is 52.0 Å². The van der Waals surface area contributed by atoms with Crippen molar-refractivity contribution in [2.24, 2.45) is 4.99 Å². The van der Waals surface area contributed by atoms with Crippen LogP contribution in [0.4, 0.5) is 13.2 Å². The fourth-order valence-corrected chi connectivity index (χ4v) is 4.04. The number of fused-ring (bicyclic) bond motifs is 1. The average molecular weight is 567 g/mol. The molecule has 2 aliphatic rings. The molecule has 1 unspecified atom stereocenters. The van der Waals surface area contributed by atoms with Gasteiger partial charge in [0.05, 0.1) is 0 Å². The second-order valence-corrected chi connectivity index (χ2v) is 8.10. The van der Waals surface area contributed by atoms with E-state index in [1.807, 2.05) is 28.9 Å². The Labute approximate surface area is 205 Å². The van der Waals surface area contributed by atoms with Crippen molar-refractivity contribution in [3.05, 3.63) is 35.4 Å². The summed E-state index contributed by atoms with van der Waals surface area (Å²) in [6, 6.07) is 6.67. The van der Waals surface area contributed by atoms with E-state index in [2.05, 4.69) is 22.4 Å². The average Bonchev–Trinajstić information content (AvgIpc) is 3.19. The molecule has 0 spiro atoms. The quantitative estimate of drug-likeness (QED) is 0.248. The third-order valence-corrected chi connectivity index (χ3v) is 5.97. The molecule has 1 amide bonds. The molecule has 6 nitrogen and oxygen atoms in total. The predicted octanol–water partition coefficient (Wildman–Crippen LogP) is 3.46. The van der Waals surface area contributed by atoms with E-state index in [9.17, 15) is 18.0 Å². The molecule has 1 atom stereocenters. The highest BCUT2D eigenvalue weighted by Crippen LogP contribution is 2.25. The first-order chi connectivity index (χ1) is 14.8. The zero-order valence-corrected chi connectivity index (χ0v) is 21.0. The Hall–Kier alpha value is -1.56. The highest BCUT2D eigenvalue weighted by Gasteiger charge is 2.41. The van der Waals surface area contributed by atoms with Crippen LogP contribution in [0.3, 0.4) is 0 Å². The summed E-state index contributed by atoms with van der Waals surface area (Å²) in [5, 5.41) is 3.22. The largest absolute Gasteiger partial charge is 0.403 e. The fraction of sp³-hybridized carbons (Fsp3) is 0.636. The van der Waals surface area contributed by atoms with Gasteiger partial charge in [0.1, 0.15) is 6.04 Å². The van der Waals surface area contributed by atoms with E-state index < -0.39 is 12.2 Å². The summed E-state index contributed by atoms with van der Waals surface area (Å²) < 4.78 is 38.8. The van der Waals surface area contributed by atoms with Crippen molar-refractivity contribution in [3.63, 3.8) is 0 Å². The first-order valence-corrected chi connectivity index (χ1v) is 11.0. The summed E-state index contributed by atoms with van der Waals surface area (Å²) in [5.74, 6) is 0.842. The van der Waals surface area contributed by atoms with Crippen molar-refractivity contribution >= 4 is 35.8 Å². The van der Waals surface area contributed by atoms with Gasteiger partial charge in [-0.15, -0.1) is 24.0 Å². The zero-order valence-electron chi connectivity index (χ0n) is 18.7. The fourth-order valence-electron chi connectivity index (χ4n) is 4.04. The number of rotatable bonds is 6. The molecule has 1 aromatic carbocycles. The molecule has 1 fully saturated rings. The van der Waals surface area contributed by atoms with Crippen molar-refractivity contribution in [1.29, 1.82) is 0 Å². The molecule has 2 aliphatic heterocycles. The molecule has 1 saturated heterocycles. The number of alkyl halides is 3. The van der Waals surface area contributed by atoms with Gasteiger partial charge in [-0.3, -0.25) is 14.7 Å². The van der Waals surface area contributed by atoms with Crippen molar-refractivity contribution in [3.8, 4) is 0 Å². The molecule has 0 saturated carbocycles. The van der Waals surface area contributed by atoms with Gasteiger partial charge in [0.25, 0.3) is 0 Å². The molecule has 32 heavy (non-hydrogen) atoms. The number of amides is 1. The Morgan fingerprint density at radius 1 is 1.09 bits per heavy atom. The minimum Gasteiger partial charge on any atom is -0.357 e. The van der Waals surface area contributed by atoms with Gasteiger partial charge in [-0.05, 0) is 31.4 Å². The lowest BCUT2D eigenvalue weighted by molar-refractivity contribution is -0.181. The Bertz CT molecular complexity index is 756. The third kappa shape index (κ3) is 6.97. The number of benzene rings is 1. The van der Waals surface area contributed by atoms with Crippen LogP contribution in [0.15, 0.2) is 29.3 Å². The van der Waals surface area contributed by atoms with Gasteiger partial charge in [0.2, 0.25) is 5.91 Å². The minimum atomic E-state index is -4.20. The lowest BCUT2D eigenvalue weighted by Gasteiger charge is -2.39. The molecule has 0 bridgehead atoms. The summed E-state index contributed by atoms with van der Waals surface area (Å²) in [4.78, 5) is 22.5. The van der Waals surface area contributed by atoms with Crippen molar-refractivity contribution in [2.75, 3.05) is 39.3 Å².